The molecule has 0 heterocycles. The van der Waals surface area contributed by atoms with Crippen LogP contribution in [0.3, 0.4) is 0 Å². The van der Waals surface area contributed by atoms with Crippen molar-refractivity contribution in [1.29, 1.82) is 5.26 Å². The minimum Gasteiger partial charge on any atom is -0.322 e. The van der Waals surface area contributed by atoms with Gasteiger partial charge in [0.1, 0.15) is 0 Å². The van der Waals surface area contributed by atoms with Gasteiger partial charge in [-0.3, -0.25) is 9.69 Å². The van der Waals surface area contributed by atoms with E-state index in [0.29, 0.717) is 11.1 Å². The van der Waals surface area contributed by atoms with E-state index in [4.69, 9.17) is 0 Å². The van der Waals surface area contributed by atoms with Crippen LogP contribution in [-0.4, -0.2) is 23.9 Å². The summed E-state index contributed by atoms with van der Waals surface area (Å²) in [6.45, 7) is 7.11. The summed E-state index contributed by atoms with van der Waals surface area (Å²) < 4.78 is 0. The number of nitrogens with zero attached hydrogens (tertiary/aromatic N) is 2. The highest BCUT2D eigenvalue weighted by Crippen LogP contribution is 2.27. The lowest BCUT2D eigenvalue weighted by Crippen LogP contribution is -2.22. The minimum atomic E-state index is -0.187. The van der Waals surface area contributed by atoms with Crippen LogP contribution in [0, 0.1) is 11.3 Å². The molecule has 0 spiro atoms. The first-order valence-electron chi connectivity index (χ1n) is 9.87. The molecule has 3 aromatic carbocycles. The number of amides is 1. The molecule has 0 saturated carbocycles. The normalized spacial score (nSPS) is 10.6. The zero-order valence-electron chi connectivity index (χ0n) is 16.9. The Morgan fingerprint density at radius 1 is 0.931 bits per heavy atom. The monoisotopic (exact) mass is 383 g/mol. The average Bonchev–Trinajstić information content (AvgIpc) is 2.77. The van der Waals surface area contributed by atoms with E-state index in [1.54, 1.807) is 12.1 Å². The summed E-state index contributed by atoms with van der Waals surface area (Å²) in [6, 6.07) is 24.9. The van der Waals surface area contributed by atoms with Gasteiger partial charge in [0.15, 0.2) is 0 Å². The molecular weight excluding hydrogens is 358 g/mol. The Balaban J connectivity index is 1.87. The van der Waals surface area contributed by atoms with Crippen LogP contribution in [0.4, 0.5) is 5.69 Å². The maximum atomic E-state index is 13.0. The Bertz CT molecular complexity index is 1030. The maximum absolute atomic E-state index is 13.0. The molecule has 0 radical (unpaired) electrons. The van der Waals surface area contributed by atoms with Crippen LogP contribution in [0.1, 0.15) is 35.3 Å². The molecule has 0 aromatic heterocycles. The van der Waals surface area contributed by atoms with Gasteiger partial charge in [0, 0.05) is 23.4 Å². The number of hydrogen-bond acceptors (Lipinski definition) is 3. The van der Waals surface area contributed by atoms with Gasteiger partial charge in [-0.05, 0) is 48.5 Å². The number of nitriles is 1. The maximum Gasteiger partial charge on any atom is 0.256 e. The second-order valence-corrected chi connectivity index (χ2v) is 6.82. The molecule has 1 amide bonds. The Hall–Kier alpha value is -3.42. The van der Waals surface area contributed by atoms with Gasteiger partial charge in [-0.15, -0.1) is 0 Å². The van der Waals surface area contributed by atoms with Gasteiger partial charge in [-0.1, -0.05) is 62.4 Å². The standard InChI is InChI=1S/C25H25N3O/c1-3-28(4-2)18-19-10-9-12-21(16-19)27-25(29)24-15-8-7-14-23(24)22-13-6-5-11-20(22)17-26/h5-16H,3-4,18H2,1-2H3,(H,27,29). The third kappa shape index (κ3) is 4.90. The zero-order valence-corrected chi connectivity index (χ0v) is 16.9. The minimum absolute atomic E-state index is 0.187. The summed E-state index contributed by atoms with van der Waals surface area (Å²) in [6.07, 6.45) is 0. The molecule has 3 aromatic rings. The summed E-state index contributed by atoms with van der Waals surface area (Å²) in [4.78, 5) is 15.4. The number of anilines is 1. The van der Waals surface area contributed by atoms with E-state index in [-0.39, 0.29) is 5.91 Å². The Morgan fingerprint density at radius 2 is 1.62 bits per heavy atom. The van der Waals surface area contributed by atoms with Crippen molar-refractivity contribution in [3.8, 4) is 17.2 Å². The van der Waals surface area contributed by atoms with E-state index in [1.807, 2.05) is 54.6 Å². The van der Waals surface area contributed by atoms with Crippen LogP contribution in [-0.2, 0) is 6.54 Å². The van der Waals surface area contributed by atoms with Crippen molar-refractivity contribution in [2.75, 3.05) is 18.4 Å². The van der Waals surface area contributed by atoms with Crippen LogP contribution in [0.25, 0.3) is 11.1 Å². The second kappa shape index (κ2) is 9.68. The van der Waals surface area contributed by atoms with Gasteiger partial charge in [0.2, 0.25) is 0 Å². The van der Waals surface area contributed by atoms with Crippen molar-refractivity contribution < 1.29 is 4.79 Å². The summed E-state index contributed by atoms with van der Waals surface area (Å²) >= 11 is 0. The Kier molecular flexibility index (Phi) is 6.78. The van der Waals surface area contributed by atoms with Crippen LogP contribution < -0.4 is 5.32 Å². The summed E-state index contributed by atoms with van der Waals surface area (Å²) in [7, 11) is 0. The predicted molar refractivity (Wildman–Crippen MR) is 118 cm³/mol. The van der Waals surface area contributed by atoms with E-state index in [1.165, 1.54) is 0 Å². The van der Waals surface area contributed by atoms with Crippen molar-refractivity contribution >= 4 is 11.6 Å². The van der Waals surface area contributed by atoms with Gasteiger partial charge >= 0.3 is 0 Å². The Morgan fingerprint density at radius 3 is 2.34 bits per heavy atom. The third-order valence-corrected chi connectivity index (χ3v) is 4.99. The summed E-state index contributed by atoms with van der Waals surface area (Å²) in [5.74, 6) is -0.187. The van der Waals surface area contributed by atoms with Gasteiger partial charge in [0.05, 0.1) is 11.6 Å². The third-order valence-electron chi connectivity index (χ3n) is 4.99. The van der Waals surface area contributed by atoms with Gasteiger partial charge in [-0.25, -0.2) is 0 Å². The topological polar surface area (TPSA) is 56.1 Å². The van der Waals surface area contributed by atoms with Crippen LogP contribution >= 0.6 is 0 Å². The van der Waals surface area contributed by atoms with Crippen molar-refractivity contribution in [2.24, 2.45) is 0 Å². The zero-order chi connectivity index (χ0) is 20.6. The number of carbonyl (C=O) groups excluding carboxylic acids is 1. The van der Waals surface area contributed by atoms with Crippen LogP contribution in [0.2, 0.25) is 0 Å². The molecule has 3 rings (SSSR count). The predicted octanol–water partition coefficient (Wildman–Crippen LogP) is 5.32. The lowest BCUT2D eigenvalue weighted by atomic mass is 9.95. The first kappa shape index (κ1) is 20.3. The van der Waals surface area contributed by atoms with E-state index in [2.05, 4.69) is 36.2 Å². The van der Waals surface area contributed by atoms with Gasteiger partial charge < -0.3 is 5.32 Å². The molecule has 146 valence electrons. The quantitative estimate of drug-likeness (QED) is 0.601. The molecule has 4 nitrogen and oxygen atoms in total. The summed E-state index contributed by atoms with van der Waals surface area (Å²) in [5, 5.41) is 12.4. The first-order valence-corrected chi connectivity index (χ1v) is 9.87. The van der Waals surface area contributed by atoms with E-state index in [9.17, 15) is 10.1 Å². The molecule has 0 aliphatic heterocycles. The number of nitrogens with one attached hydrogen (secondary N) is 1. The largest absolute Gasteiger partial charge is 0.322 e. The number of rotatable bonds is 7. The van der Waals surface area contributed by atoms with Gasteiger partial charge in [0.25, 0.3) is 5.91 Å². The Labute approximate surface area is 172 Å². The van der Waals surface area contributed by atoms with E-state index in [0.717, 1.165) is 42.0 Å². The van der Waals surface area contributed by atoms with Crippen molar-refractivity contribution in [3.63, 3.8) is 0 Å². The van der Waals surface area contributed by atoms with Gasteiger partial charge in [-0.2, -0.15) is 5.26 Å². The first-order chi connectivity index (χ1) is 14.2. The molecular formula is C25H25N3O. The molecule has 0 atom stereocenters. The smallest absolute Gasteiger partial charge is 0.256 e. The van der Waals surface area contributed by atoms with E-state index < -0.39 is 0 Å². The molecule has 0 bridgehead atoms. The van der Waals surface area contributed by atoms with Crippen LogP contribution in [0.5, 0.6) is 0 Å². The SMILES string of the molecule is CCN(CC)Cc1cccc(NC(=O)c2ccccc2-c2ccccc2C#N)c1. The number of benzene rings is 3. The number of hydrogen-bond donors (Lipinski definition) is 1. The molecule has 0 aliphatic rings. The van der Waals surface area contributed by atoms with E-state index >= 15 is 0 Å². The van der Waals surface area contributed by atoms with Crippen molar-refractivity contribution in [2.45, 2.75) is 20.4 Å². The molecule has 0 unspecified atom stereocenters. The van der Waals surface area contributed by atoms with Crippen molar-refractivity contribution in [3.05, 3.63) is 89.5 Å². The fraction of sp³-hybridized carbons (Fsp3) is 0.200. The highest BCUT2D eigenvalue weighted by Gasteiger charge is 2.15. The molecule has 29 heavy (non-hydrogen) atoms. The fourth-order valence-electron chi connectivity index (χ4n) is 3.38. The fourth-order valence-corrected chi connectivity index (χ4v) is 3.38. The summed E-state index contributed by atoms with van der Waals surface area (Å²) in [5.41, 5.74) is 4.54. The average molecular weight is 383 g/mol. The van der Waals surface area contributed by atoms with Crippen LogP contribution in [0.15, 0.2) is 72.8 Å². The number of carbonyl (C=O) groups is 1. The highest BCUT2D eigenvalue weighted by molar-refractivity contribution is 6.09. The lowest BCUT2D eigenvalue weighted by Gasteiger charge is -2.18. The second-order valence-electron chi connectivity index (χ2n) is 6.82. The highest BCUT2D eigenvalue weighted by atomic mass is 16.1. The molecule has 0 saturated heterocycles. The molecule has 0 fully saturated rings. The van der Waals surface area contributed by atoms with Crippen molar-refractivity contribution in [1.82, 2.24) is 4.90 Å². The lowest BCUT2D eigenvalue weighted by molar-refractivity contribution is 0.102. The molecule has 0 aliphatic carbocycles. The molecule has 1 N–H and O–H groups in total. The molecule has 4 heteroatoms.